The monoisotopic (exact) mass is 552 g/mol. The fourth-order valence-electron chi connectivity index (χ4n) is 6.71. The van der Waals surface area contributed by atoms with E-state index in [2.05, 4.69) is 33.9 Å². The van der Waals surface area contributed by atoms with Gasteiger partial charge >= 0.3 is 0 Å². The molecule has 5 nitrogen and oxygen atoms in total. The standard InChI is InChI=1S/C31H37ClN2O3S/c1-20-28(35)7-3-2-5-21-8-9-24(21)17-34-18-31(14-4-6-22-15-25(32)11-12-26(22)31)19-37-29-13-10-23(16-27(29)34)30(36)33-38-20/h2-3,10-13,15-16,20-21,24,28,35H,4-9,14,17-19H2,1H3,(H,33,36)/b3-2-/t20-,21+,24-,28-,31-/m0/s1. The van der Waals surface area contributed by atoms with Crippen LogP contribution in [0.2, 0.25) is 5.02 Å². The Morgan fingerprint density at radius 3 is 2.82 bits per heavy atom. The first-order chi connectivity index (χ1) is 18.4. The summed E-state index contributed by atoms with van der Waals surface area (Å²) in [6.45, 7) is 4.41. The number of nitrogens with one attached hydrogen (secondary N) is 1. The van der Waals surface area contributed by atoms with Crippen molar-refractivity contribution in [2.24, 2.45) is 11.8 Å². The Morgan fingerprint density at radius 2 is 1.97 bits per heavy atom. The number of allylic oxidation sites excluding steroid dienone is 1. The minimum atomic E-state index is -0.498. The van der Waals surface area contributed by atoms with Crippen LogP contribution in [0.4, 0.5) is 5.69 Å². The van der Waals surface area contributed by atoms with E-state index in [4.69, 9.17) is 16.3 Å². The number of hydrogen-bond donors (Lipinski definition) is 2. The second kappa shape index (κ2) is 10.8. The molecule has 2 bridgehead atoms. The highest BCUT2D eigenvalue weighted by Gasteiger charge is 2.43. The predicted molar refractivity (Wildman–Crippen MR) is 155 cm³/mol. The summed E-state index contributed by atoms with van der Waals surface area (Å²) in [7, 11) is 0. The fourth-order valence-corrected chi connectivity index (χ4v) is 7.58. The van der Waals surface area contributed by atoms with Gasteiger partial charge in [0.05, 0.1) is 18.4 Å². The number of hydrogen-bond acceptors (Lipinski definition) is 5. The molecule has 2 aliphatic carbocycles. The summed E-state index contributed by atoms with van der Waals surface area (Å²) in [5, 5.41) is 11.2. The van der Waals surface area contributed by atoms with Crippen LogP contribution in [0.1, 0.15) is 66.9 Å². The average Bonchev–Trinajstić information content (AvgIpc) is 3.05. The summed E-state index contributed by atoms with van der Waals surface area (Å²) >= 11 is 7.69. The number of carbonyl (C=O) groups is 1. The number of aliphatic hydroxyl groups excluding tert-OH is 1. The zero-order chi connectivity index (χ0) is 26.3. The van der Waals surface area contributed by atoms with Gasteiger partial charge in [0.15, 0.2) is 0 Å². The van der Waals surface area contributed by atoms with E-state index >= 15 is 0 Å². The highest BCUT2D eigenvalue weighted by molar-refractivity contribution is 7.98. The number of aryl methyl sites for hydroxylation is 1. The number of anilines is 1. The SMILES string of the molecule is C[C@@H]1SNC(=O)c2ccc3c(c2)N(C[C@@H]2CC[C@H]2C/C=C\C[C@@H]1O)C[C@@]1(CCCc2cc(Cl)ccc21)CO3. The minimum absolute atomic E-state index is 0.103. The number of rotatable bonds is 0. The third-order valence-corrected chi connectivity index (χ3v) is 10.4. The average molecular weight is 553 g/mol. The minimum Gasteiger partial charge on any atom is -0.490 e. The predicted octanol–water partition coefficient (Wildman–Crippen LogP) is 6.32. The quantitative estimate of drug-likeness (QED) is 0.296. The van der Waals surface area contributed by atoms with Gasteiger partial charge in [-0.2, -0.15) is 0 Å². The van der Waals surface area contributed by atoms with Crippen molar-refractivity contribution in [2.45, 2.75) is 68.6 Å². The number of aliphatic hydroxyl groups is 1. The van der Waals surface area contributed by atoms with E-state index in [9.17, 15) is 9.90 Å². The molecule has 0 radical (unpaired) electrons. The first-order valence-electron chi connectivity index (χ1n) is 14.0. The Bertz CT molecular complexity index is 1240. The topological polar surface area (TPSA) is 61.8 Å². The van der Waals surface area contributed by atoms with Gasteiger partial charge in [0, 0.05) is 34.3 Å². The maximum absolute atomic E-state index is 13.2. The summed E-state index contributed by atoms with van der Waals surface area (Å²) in [5.74, 6) is 1.96. The third kappa shape index (κ3) is 5.07. The first-order valence-corrected chi connectivity index (χ1v) is 15.3. The Kier molecular flexibility index (Phi) is 7.41. The molecule has 5 atom stereocenters. The van der Waals surface area contributed by atoms with Crippen molar-refractivity contribution in [3.05, 3.63) is 70.3 Å². The number of carbonyl (C=O) groups excluding carboxylic acids is 1. The second-order valence-electron chi connectivity index (χ2n) is 11.6. The zero-order valence-corrected chi connectivity index (χ0v) is 23.6. The van der Waals surface area contributed by atoms with Crippen LogP contribution in [0.3, 0.4) is 0 Å². The molecule has 0 saturated heterocycles. The van der Waals surface area contributed by atoms with E-state index in [0.717, 1.165) is 55.2 Å². The highest BCUT2D eigenvalue weighted by atomic mass is 35.5. The molecule has 1 amide bonds. The molecule has 202 valence electrons. The van der Waals surface area contributed by atoms with Crippen molar-refractivity contribution < 1.29 is 14.6 Å². The van der Waals surface area contributed by atoms with E-state index < -0.39 is 6.10 Å². The smallest absolute Gasteiger partial charge is 0.261 e. The van der Waals surface area contributed by atoms with Crippen LogP contribution in [-0.4, -0.2) is 42.1 Å². The molecule has 1 spiro atoms. The molecule has 1 fully saturated rings. The van der Waals surface area contributed by atoms with Crippen LogP contribution in [0.25, 0.3) is 0 Å². The Hall–Kier alpha value is -2.15. The largest absolute Gasteiger partial charge is 0.490 e. The van der Waals surface area contributed by atoms with Crippen LogP contribution in [0.5, 0.6) is 5.75 Å². The summed E-state index contributed by atoms with van der Waals surface area (Å²) in [6.07, 6.45) is 11.2. The number of halogens is 1. The van der Waals surface area contributed by atoms with Crippen LogP contribution in [-0.2, 0) is 11.8 Å². The molecule has 0 aromatic heterocycles. The van der Waals surface area contributed by atoms with E-state index in [0.29, 0.717) is 30.4 Å². The molecule has 2 aliphatic heterocycles. The van der Waals surface area contributed by atoms with Crippen molar-refractivity contribution in [1.82, 2.24) is 4.72 Å². The van der Waals surface area contributed by atoms with E-state index in [1.165, 1.54) is 35.9 Å². The Labute approximate surface area is 235 Å². The van der Waals surface area contributed by atoms with Crippen molar-refractivity contribution >= 4 is 35.1 Å². The maximum atomic E-state index is 13.2. The van der Waals surface area contributed by atoms with Gasteiger partial charge in [-0.05, 0) is 117 Å². The molecule has 2 aromatic carbocycles. The number of nitrogens with zero attached hydrogens (tertiary/aromatic N) is 1. The molecule has 38 heavy (non-hydrogen) atoms. The molecular formula is C31H37ClN2O3S. The van der Waals surface area contributed by atoms with Crippen LogP contribution >= 0.6 is 23.5 Å². The molecule has 1 saturated carbocycles. The number of amides is 1. The lowest BCUT2D eigenvalue weighted by Gasteiger charge is -2.44. The summed E-state index contributed by atoms with van der Waals surface area (Å²) in [6, 6.07) is 12.2. The molecule has 7 heteroatoms. The van der Waals surface area contributed by atoms with Gasteiger partial charge in [-0.3, -0.25) is 9.52 Å². The highest BCUT2D eigenvalue weighted by Crippen LogP contribution is 2.46. The van der Waals surface area contributed by atoms with Crippen molar-refractivity contribution in [3.8, 4) is 5.75 Å². The number of fused-ring (bicyclic) bond motifs is 4. The molecule has 4 aliphatic rings. The normalized spacial score (nSPS) is 32.2. The van der Waals surface area contributed by atoms with Gasteiger partial charge in [0.2, 0.25) is 0 Å². The van der Waals surface area contributed by atoms with Crippen LogP contribution in [0.15, 0.2) is 48.6 Å². The molecule has 2 N–H and O–H groups in total. The van der Waals surface area contributed by atoms with Gasteiger partial charge in [0.1, 0.15) is 5.75 Å². The molecule has 0 unspecified atom stereocenters. The van der Waals surface area contributed by atoms with Crippen LogP contribution < -0.4 is 14.4 Å². The first kappa shape index (κ1) is 26.1. The van der Waals surface area contributed by atoms with E-state index in [1.54, 1.807) is 0 Å². The lowest BCUT2D eigenvalue weighted by molar-refractivity contribution is 0.0983. The lowest BCUT2D eigenvalue weighted by Crippen LogP contribution is -2.48. The van der Waals surface area contributed by atoms with Crippen molar-refractivity contribution in [3.63, 3.8) is 0 Å². The fraction of sp³-hybridized carbons (Fsp3) is 0.516. The van der Waals surface area contributed by atoms with Gasteiger partial charge < -0.3 is 14.7 Å². The van der Waals surface area contributed by atoms with E-state index in [1.807, 2.05) is 31.2 Å². The Balaban J connectivity index is 1.38. The zero-order valence-electron chi connectivity index (χ0n) is 22.0. The van der Waals surface area contributed by atoms with Gasteiger partial charge in [0.25, 0.3) is 5.91 Å². The lowest BCUT2D eigenvalue weighted by atomic mass is 9.69. The van der Waals surface area contributed by atoms with Gasteiger partial charge in [-0.25, -0.2) is 0 Å². The summed E-state index contributed by atoms with van der Waals surface area (Å²) in [5.41, 5.74) is 4.23. The Morgan fingerprint density at radius 1 is 1.13 bits per heavy atom. The molecule has 6 rings (SSSR count). The van der Waals surface area contributed by atoms with Crippen LogP contribution in [0, 0.1) is 11.8 Å². The summed E-state index contributed by atoms with van der Waals surface area (Å²) < 4.78 is 9.55. The van der Waals surface area contributed by atoms with Crippen molar-refractivity contribution in [1.29, 1.82) is 0 Å². The number of ether oxygens (including phenoxy) is 1. The second-order valence-corrected chi connectivity index (χ2v) is 13.3. The van der Waals surface area contributed by atoms with Gasteiger partial charge in [-0.1, -0.05) is 29.8 Å². The summed E-state index contributed by atoms with van der Waals surface area (Å²) in [4.78, 5) is 15.7. The molecule has 2 aromatic rings. The third-order valence-electron chi connectivity index (χ3n) is 9.19. The number of benzene rings is 2. The van der Waals surface area contributed by atoms with Crippen molar-refractivity contribution in [2.75, 3.05) is 24.6 Å². The maximum Gasteiger partial charge on any atom is 0.261 e. The van der Waals surface area contributed by atoms with E-state index in [-0.39, 0.29) is 16.6 Å². The molecule has 2 heterocycles. The molecular weight excluding hydrogens is 516 g/mol. The van der Waals surface area contributed by atoms with Gasteiger partial charge in [-0.15, -0.1) is 0 Å².